The number of anilines is 1. The number of benzene rings is 2. The van der Waals surface area contributed by atoms with Gasteiger partial charge >= 0.3 is 6.03 Å². The highest BCUT2D eigenvalue weighted by Gasteiger charge is 2.49. The molecule has 2 aromatic rings. The van der Waals surface area contributed by atoms with Crippen molar-refractivity contribution < 1.29 is 19.4 Å². The van der Waals surface area contributed by atoms with Gasteiger partial charge in [-0.05, 0) is 31.5 Å². The smallest absolute Gasteiger partial charge is 0.325 e. The first-order chi connectivity index (χ1) is 15.8. The first-order valence-electron chi connectivity index (χ1n) is 11.3. The van der Waals surface area contributed by atoms with E-state index in [2.05, 4.69) is 15.1 Å². The normalized spacial score (nSPS) is 21.8. The predicted octanol–water partition coefficient (Wildman–Crippen LogP) is 2.38. The van der Waals surface area contributed by atoms with E-state index in [9.17, 15) is 14.7 Å². The number of imide groups is 1. The van der Waals surface area contributed by atoms with Crippen LogP contribution in [0.5, 0.6) is 5.75 Å². The fraction of sp³-hybridized carbons (Fsp3) is 0.440. The molecule has 8 nitrogen and oxygen atoms in total. The lowest BCUT2D eigenvalue weighted by Gasteiger charge is -2.37. The van der Waals surface area contributed by atoms with Crippen LogP contribution in [0.15, 0.2) is 48.5 Å². The van der Waals surface area contributed by atoms with Crippen molar-refractivity contribution in [3.8, 4) is 5.75 Å². The maximum Gasteiger partial charge on any atom is 0.325 e. The van der Waals surface area contributed by atoms with Gasteiger partial charge in [0.25, 0.3) is 5.91 Å². The second kappa shape index (κ2) is 10.6. The number of carbonyl (C=O) groups is 2. The molecule has 2 N–H and O–H groups in total. The van der Waals surface area contributed by atoms with Crippen molar-refractivity contribution >= 4 is 30.0 Å². The molecule has 2 fully saturated rings. The van der Waals surface area contributed by atoms with Gasteiger partial charge in [0.15, 0.2) is 0 Å². The summed E-state index contributed by atoms with van der Waals surface area (Å²) in [5.74, 6) is 0.512. The van der Waals surface area contributed by atoms with E-state index in [1.165, 1.54) is 0 Å². The van der Waals surface area contributed by atoms with E-state index in [0.29, 0.717) is 6.54 Å². The fourth-order valence-electron chi connectivity index (χ4n) is 4.57. The summed E-state index contributed by atoms with van der Waals surface area (Å²) in [7, 11) is 1.67. The summed E-state index contributed by atoms with van der Waals surface area (Å²) in [5.41, 5.74) is 1.76. The van der Waals surface area contributed by atoms with Gasteiger partial charge in [0.1, 0.15) is 11.3 Å². The van der Waals surface area contributed by atoms with E-state index < -0.39 is 17.7 Å². The summed E-state index contributed by atoms with van der Waals surface area (Å²) in [6.07, 6.45) is -0.821. The number of methoxy groups -OCH3 is 1. The summed E-state index contributed by atoms with van der Waals surface area (Å²) in [6.45, 7) is 7.22. The number of ether oxygens (including phenoxy) is 1. The molecule has 2 unspecified atom stereocenters. The third-order valence-corrected chi connectivity index (χ3v) is 6.56. The van der Waals surface area contributed by atoms with E-state index in [1.54, 1.807) is 14.0 Å². The van der Waals surface area contributed by atoms with E-state index in [0.717, 1.165) is 53.6 Å². The number of hydrogen-bond acceptors (Lipinski definition) is 6. The molecule has 2 aromatic carbocycles. The lowest BCUT2D eigenvalue weighted by atomic mass is 9.91. The van der Waals surface area contributed by atoms with Gasteiger partial charge in [0.05, 0.1) is 25.4 Å². The van der Waals surface area contributed by atoms with Crippen LogP contribution in [0, 0.1) is 6.92 Å². The van der Waals surface area contributed by atoms with Gasteiger partial charge in [-0.2, -0.15) is 0 Å². The molecule has 0 aromatic heterocycles. The Morgan fingerprint density at radius 2 is 1.68 bits per heavy atom. The molecule has 2 heterocycles. The van der Waals surface area contributed by atoms with Crippen molar-refractivity contribution in [3.63, 3.8) is 0 Å². The number of nitrogens with one attached hydrogen (secondary N) is 1. The highest BCUT2D eigenvalue weighted by molar-refractivity contribution is 6.07. The van der Waals surface area contributed by atoms with E-state index in [-0.39, 0.29) is 24.9 Å². The summed E-state index contributed by atoms with van der Waals surface area (Å²) < 4.78 is 5.47. The summed E-state index contributed by atoms with van der Waals surface area (Å²) in [5, 5.41) is 13.5. The van der Waals surface area contributed by atoms with Crippen LogP contribution in [-0.4, -0.2) is 79.3 Å². The van der Waals surface area contributed by atoms with Crippen LogP contribution < -0.4 is 15.0 Å². The number of amides is 3. The number of halogens is 1. The number of aliphatic hydroxyl groups excluding tert-OH is 1. The largest absolute Gasteiger partial charge is 0.495 e. The van der Waals surface area contributed by atoms with Crippen LogP contribution in [0.3, 0.4) is 0 Å². The molecule has 3 amide bonds. The Morgan fingerprint density at radius 1 is 1.03 bits per heavy atom. The van der Waals surface area contributed by atoms with Crippen molar-refractivity contribution in [2.75, 3.05) is 51.3 Å². The topological polar surface area (TPSA) is 85.3 Å². The van der Waals surface area contributed by atoms with Gasteiger partial charge in [0, 0.05) is 32.7 Å². The molecule has 4 rings (SSSR count). The molecule has 0 saturated carbocycles. The van der Waals surface area contributed by atoms with Crippen molar-refractivity contribution in [3.05, 3.63) is 59.7 Å². The molecule has 0 bridgehead atoms. The van der Waals surface area contributed by atoms with Gasteiger partial charge in [-0.1, -0.05) is 42.0 Å². The zero-order chi connectivity index (χ0) is 23.6. The first-order valence-corrected chi connectivity index (χ1v) is 11.3. The number of urea groups is 1. The molecule has 0 spiro atoms. The Morgan fingerprint density at radius 3 is 2.32 bits per heavy atom. The monoisotopic (exact) mass is 488 g/mol. The third-order valence-electron chi connectivity index (χ3n) is 6.56. The molecule has 0 aliphatic carbocycles. The highest BCUT2D eigenvalue weighted by Crippen LogP contribution is 2.30. The Balaban J connectivity index is 0.00000324. The molecule has 2 aliphatic rings. The number of piperazine rings is 1. The minimum atomic E-state index is -1.12. The summed E-state index contributed by atoms with van der Waals surface area (Å²) >= 11 is 0. The van der Waals surface area contributed by atoms with Crippen LogP contribution in [0.25, 0.3) is 0 Å². The number of aryl methyl sites for hydroxylation is 1. The minimum absolute atomic E-state index is 0. The number of hydrogen-bond donors (Lipinski definition) is 2. The predicted molar refractivity (Wildman–Crippen MR) is 134 cm³/mol. The molecule has 2 saturated heterocycles. The minimum Gasteiger partial charge on any atom is -0.495 e. The number of β-amino-alcohol motifs (C(OH)–C–C–N with tert-alkyl or cyclic N) is 1. The molecule has 2 atom stereocenters. The second-order valence-electron chi connectivity index (χ2n) is 8.95. The van der Waals surface area contributed by atoms with E-state index >= 15 is 0 Å². The van der Waals surface area contributed by atoms with Crippen LogP contribution >= 0.6 is 12.4 Å². The Hall–Kier alpha value is -2.81. The van der Waals surface area contributed by atoms with Gasteiger partial charge < -0.3 is 20.1 Å². The Labute approximate surface area is 206 Å². The first kappa shape index (κ1) is 25.8. The van der Waals surface area contributed by atoms with E-state index in [4.69, 9.17) is 4.74 Å². The lowest BCUT2D eigenvalue weighted by Crippen LogP contribution is -2.50. The van der Waals surface area contributed by atoms with Crippen molar-refractivity contribution in [2.45, 2.75) is 25.5 Å². The molecule has 2 aliphatic heterocycles. The fourth-order valence-corrected chi connectivity index (χ4v) is 4.57. The van der Waals surface area contributed by atoms with Crippen LogP contribution in [0.4, 0.5) is 10.5 Å². The third kappa shape index (κ3) is 5.14. The molecular weight excluding hydrogens is 456 g/mol. The molecule has 34 heavy (non-hydrogen) atoms. The second-order valence-corrected chi connectivity index (χ2v) is 8.95. The quantitative estimate of drug-likeness (QED) is 0.582. The summed E-state index contributed by atoms with van der Waals surface area (Å²) in [4.78, 5) is 31.3. The zero-order valence-electron chi connectivity index (χ0n) is 19.9. The van der Waals surface area contributed by atoms with Gasteiger partial charge in [0.2, 0.25) is 0 Å². The molecule has 0 radical (unpaired) electrons. The van der Waals surface area contributed by atoms with Crippen molar-refractivity contribution in [2.24, 2.45) is 0 Å². The highest BCUT2D eigenvalue weighted by atomic mass is 35.5. The van der Waals surface area contributed by atoms with Gasteiger partial charge in [-0.3, -0.25) is 14.6 Å². The Bertz CT molecular complexity index is 1010. The summed E-state index contributed by atoms with van der Waals surface area (Å²) in [6, 6.07) is 15.0. The Kier molecular flexibility index (Phi) is 8.07. The zero-order valence-corrected chi connectivity index (χ0v) is 20.7. The lowest BCUT2D eigenvalue weighted by molar-refractivity contribution is -0.132. The molecule has 9 heteroatoms. The van der Waals surface area contributed by atoms with E-state index in [1.807, 2.05) is 55.5 Å². The van der Waals surface area contributed by atoms with Crippen LogP contribution in [-0.2, 0) is 10.3 Å². The SMILES string of the molecule is COc1ccccc1N1CCN(CC(O)CN2C(=O)NC(C)(c3ccc(C)cc3)C2=O)CC1.Cl. The number of carbonyl (C=O) groups excluding carboxylic acids is 2. The average Bonchev–Trinajstić information content (AvgIpc) is 3.03. The standard InChI is InChI=1S/C25H32N4O4.ClH/c1-18-8-10-19(11-9-18)25(2)23(31)29(24(32)26-25)17-20(30)16-27-12-14-28(15-13-27)21-6-4-5-7-22(21)33-3;/h4-11,20,30H,12-17H2,1-3H3,(H,26,32);1H. The number of para-hydroxylation sites is 2. The number of nitrogens with zero attached hydrogens (tertiary/aromatic N) is 3. The van der Waals surface area contributed by atoms with Crippen LogP contribution in [0.2, 0.25) is 0 Å². The molecular formula is C25H33ClN4O4. The maximum absolute atomic E-state index is 13.1. The van der Waals surface area contributed by atoms with Crippen LogP contribution in [0.1, 0.15) is 18.1 Å². The van der Waals surface area contributed by atoms with Gasteiger partial charge in [-0.25, -0.2) is 4.79 Å². The van der Waals surface area contributed by atoms with Gasteiger partial charge in [-0.15, -0.1) is 12.4 Å². The number of rotatable bonds is 7. The van der Waals surface area contributed by atoms with Crippen molar-refractivity contribution in [1.82, 2.24) is 15.1 Å². The maximum atomic E-state index is 13.1. The molecule has 184 valence electrons. The number of aliphatic hydroxyl groups is 1. The van der Waals surface area contributed by atoms with Crippen molar-refractivity contribution in [1.29, 1.82) is 0 Å². The average molecular weight is 489 g/mol.